The van der Waals surface area contributed by atoms with Crippen molar-refractivity contribution in [1.82, 2.24) is 0 Å². The van der Waals surface area contributed by atoms with Crippen LogP contribution < -0.4 is 9.64 Å². The van der Waals surface area contributed by atoms with Crippen LogP contribution in [-0.2, 0) is 26.3 Å². The van der Waals surface area contributed by atoms with Crippen LogP contribution in [0.15, 0.2) is 52.9 Å². The van der Waals surface area contributed by atoms with Crippen LogP contribution in [0.5, 0.6) is 5.75 Å². The number of allylic oxidation sites excluding steroid dienone is 1. The number of fused-ring (bicyclic) bond motifs is 4. The zero-order chi connectivity index (χ0) is 28.8. The fourth-order valence-electron chi connectivity index (χ4n) is 7.65. The average Bonchev–Trinajstić information content (AvgIpc) is 3.06. The van der Waals surface area contributed by atoms with Gasteiger partial charge in [-0.3, -0.25) is 4.79 Å². The van der Waals surface area contributed by atoms with Crippen molar-refractivity contribution in [3.05, 3.63) is 70.8 Å². The Hall–Kier alpha value is -2.64. The molecule has 1 amide bonds. The highest BCUT2D eigenvalue weighted by Crippen LogP contribution is 2.46. The van der Waals surface area contributed by atoms with Gasteiger partial charge in [0.15, 0.2) is 0 Å². The number of benzene rings is 2. The van der Waals surface area contributed by atoms with Crippen LogP contribution >= 0.6 is 0 Å². The van der Waals surface area contributed by atoms with Gasteiger partial charge in [0.2, 0.25) is 0 Å². The Morgan fingerprint density at radius 2 is 2.02 bits per heavy atom. The van der Waals surface area contributed by atoms with E-state index in [4.69, 9.17) is 9.47 Å². The number of ether oxygens (including phenoxy) is 2. The van der Waals surface area contributed by atoms with E-state index in [0.717, 1.165) is 63.1 Å². The van der Waals surface area contributed by atoms with Gasteiger partial charge in [-0.25, -0.2) is 4.21 Å². The maximum atomic E-state index is 13.4. The monoisotopic (exact) mass is 576 g/mol. The molecular formula is C34H44N2O4S. The lowest BCUT2D eigenvalue weighted by Gasteiger charge is -2.46. The number of carbonyl (C=O) groups excluding carboxylic acids is 1. The van der Waals surface area contributed by atoms with E-state index in [-0.39, 0.29) is 17.4 Å². The second-order valence-electron chi connectivity index (χ2n) is 13.1. The first-order chi connectivity index (χ1) is 19.7. The van der Waals surface area contributed by atoms with E-state index in [2.05, 4.69) is 53.5 Å². The van der Waals surface area contributed by atoms with Gasteiger partial charge in [-0.15, -0.1) is 0 Å². The Labute approximate surface area is 245 Å². The first kappa shape index (κ1) is 28.5. The largest absolute Gasteiger partial charge is 0.490 e. The fourth-order valence-corrected chi connectivity index (χ4v) is 9.37. The van der Waals surface area contributed by atoms with E-state index in [9.17, 15) is 9.00 Å². The first-order valence-electron chi connectivity index (χ1n) is 15.2. The maximum absolute atomic E-state index is 13.4. The van der Waals surface area contributed by atoms with Gasteiger partial charge in [0.25, 0.3) is 5.91 Å². The van der Waals surface area contributed by atoms with Crippen molar-refractivity contribution in [2.45, 2.75) is 63.9 Å². The summed E-state index contributed by atoms with van der Waals surface area (Å²) in [6.45, 7) is 6.57. The van der Waals surface area contributed by atoms with Crippen LogP contribution in [0, 0.1) is 24.7 Å². The lowest BCUT2D eigenvalue weighted by atomic mass is 9.68. The van der Waals surface area contributed by atoms with E-state index in [1.165, 1.54) is 16.7 Å². The van der Waals surface area contributed by atoms with E-state index in [0.29, 0.717) is 29.8 Å². The predicted molar refractivity (Wildman–Crippen MR) is 166 cm³/mol. The van der Waals surface area contributed by atoms with Gasteiger partial charge in [0, 0.05) is 43.2 Å². The minimum atomic E-state index is -2.67. The minimum absolute atomic E-state index is 0.0625. The third-order valence-corrected chi connectivity index (χ3v) is 11.6. The lowest BCUT2D eigenvalue weighted by Crippen LogP contribution is -2.49. The van der Waals surface area contributed by atoms with Gasteiger partial charge in [0.05, 0.1) is 28.1 Å². The molecule has 6 nitrogen and oxygen atoms in total. The molecule has 6 rings (SSSR count). The van der Waals surface area contributed by atoms with Gasteiger partial charge in [-0.1, -0.05) is 42.8 Å². The van der Waals surface area contributed by atoms with E-state index >= 15 is 0 Å². The zero-order valence-corrected chi connectivity index (χ0v) is 25.8. The molecule has 220 valence electrons. The van der Waals surface area contributed by atoms with Crippen molar-refractivity contribution in [3.63, 3.8) is 0 Å². The maximum Gasteiger partial charge on any atom is 0.285 e. The third kappa shape index (κ3) is 5.72. The molecular weight excluding hydrogens is 532 g/mol. The standard InChI is InChI=1S/C34H44N2O4S/c1-23-10-14-29-25(17-23)8-6-16-34(29)21-36-19-27-11-13-28(27)31(39-3)9-5-7-24(2)20-41(4,38)35-33(37)26-12-15-32(40-22-34)30(36)18-26/h5,9-10,12,14-15,17-18,24,27-28,31H,6-8,11,13,16,19-22H2,1-4H3/b9-5+/t24-,27-,28+,31-,34-,41-/m0/s1. The predicted octanol–water partition coefficient (Wildman–Crippen LogP) is 6.34. The summed E-state index contributed by atoms with van der Waals surface area (Å²) in [6, 6.07) is 12.6. The molecule has 0 radical (unpaired) electrons. The second kappa shape index (κ2) is 11.2. The third-order valence-electron chi connectivity index (χ3n) is 9.84. The molecule has 0 N–H and O–H groups in total. The summed E-state index contributed by atoms with van der Waals surface area (Å²) in [4.78, 5) is 15.9. The summed E-state index contributed by atoms with van der Waals surface area (Å²) in [5.41, 5.74) is 5.44. The molecule has 1 fully saturated rings. The highest BCUT2D eigenvalue weighted by Gasteiger charge is 2.44. The molecule has 4 aliphatic rings. The van der Waals surface area contributed by atoms with Crippen LogP contribution in [-0.4, -0.2) is 55.0 Å². The molecule has 0 aromatic heterocycles. The molecule has 2 heterocycles. The molecule has 0 saturated heterocycles. The topological polar surface area (TPSA) is 68.2 Å². The highest BCUT2D eigenvalue weighted by atomic mass is 32.2. The molecule has 1 spiro atoms. The van der Waals surface area contributed by atoms with Gasteiger partial charge in [-0.2, -0.15) is 4.36 Å². The highest BCUT2D eigenvalue weighted by molar-refractivity contribution is 7.93. The molecule has 6 atom stereocenters. The fraction of sp³-hybridized carbons (Fsp3) is 0.559. The average molecular weight is 577 g/mol. The van der Waals surface area contributed by atoms with Crippen LogP contribution in [0.25, 0.3) is 0 Å². The normalized spacial score (nSPS) is 34.3. The van der Waals surface area contributed by atoms with Gasteiger partial charge in [0.1, 0.15) is 5.75 Å². The SMILES string of the molecule is CO[C@H]1/C=C/C[C@H](C)C[S@](C)(=O)=NC(=O)c2ccc3c(c2)N(C[C@@H]2CC[C@H]21)C[C@@]1(CCCc2cc(C)ccc21)CO3. The number of nitrogens with zero attached hydrogens (tertiary/aromatic N) is 2. The molecule has 2 aromatic rings. The summed E-state index contributed by atoms with van der Waals surface area (Å²) in [7, 11) is -0.858. The molecule has 2 aliphatic carbocycles. The van der Waals surface area contributed by atoms with Crippen LogP contribution in [0.2, 0.25) is 0 Å². The quantitative estimate of drug-likeness (QED) is 0.371. The Morgan fingerprint density at radius 3 is 2.80 bits per heavy atom. The lowest BCUT2D eigenvalue weighted by molar-refractivity contribution is 0.0131. The van der Waals surface area contributed by atoms with Crippen molar-refractivity contribution in [3.8, 4) is 5.75 Å². The Bertz CT molecular complexity index is 1480. The van der Waals surface area contributed by atoms with Gasteiger partial charge in [-0.05, 0) is 92.5 Å². The molecule has 2 aliphatic heterocycles. The van der Waals surface area contributed by atoms with Gasteiger partial charge < -0.3 is 14.4 Å². The number of hydrogen-bond donors (Lipinski definition) is 0. The number of amides is 1. The van der Waals surface area contributed by atoms with Crippen molar-refractivity contribution < 1.29 is 18.5 Å². The number of carbonyl (C=O) groups is 1. The number of rotatable bonds is 1. The smallest absolute Gasteiger partial charge is 0.285 e. The molecule has 41 heavy (non-hydrogen) atoms. The Morgan fingerprint density at radius 1 is 1.17 bits per heavy atom. The Balaban J connectivity index is 1.44. The molecule has 7 heteroatoms. The summed E-state index contributed by atoms with van der Waals surface area (Å²) < 4.78 is 30.3. The van der Waals surface area contributed by atoms with Crippen LogP contribution in [0.3, 0.4) is 0 Å². The number of methoxy groups -OCH3 is 1. The summed E-state index contributed by atoms with van der Waals surface area (Å²) >= 11 is 0. The van der Waals surface area contributed by atoms with Crippen molar-refractivity contribution in [2.24, 2.45) is 22.1 Å². The number of anilines is 1. The Kier molecular flexibility index (Phi) is 7.79. The number of hydrogen-bond acceptors (Lipinski definition) is 5. The second-order valence-corrected chi connectivity index (χ2v) is 15.6. The van der Waals surface area contributed by atoms with Crippen LogP contribution in [0.4, 0.5) is 5.69 Å². The summed E-state index contributed by atoms with van der Waals surface area (Å²) in [5.74, 6) is 1.86. The van der Waals surface area contributed by atoms with E-state index in [1.807, 2.05) is 19.2 Å². The van der Waals surface area contributed by atoms with E-state index < -0.39 is 15.6 Å². The zero-order valence-electron chi connectivity index (χ0n) is 24.9. The van der Waals surface area contributed by atoms with Crippen molar-refractivity contribution in [2.75, 3.05) is 43.7 Å². The van der Waals surface area contributed by atoms with Gasteiger partial charge >= 0.3 is 0 Å². The minimum Gasteiger partial charge on any atom is -0.490 e. The molecule has 0 unspecified atom stereocenters. The van der Waals surface area contributed by atoms with Crippen molar-refractivity contribution in [1.29, 1.82) is 0 Å². The molecule has 2 aromatic carbocycles. The van der Waals surface area contributed by atoms with Crippen molar-refractivity contribution >= 4 is 21.3 Å². The molecule has 1 saturated carbocycles. The summed E-state index contributed by atoms with van der Waals surface area (Å²) in [6.07, 6.45) is 12.5. The number of aryl methyl sites for hydroxylation is 2. The summed E-state index contributed by atoms with van der Waals surface area (Å²) in [5, 5.41) is 0. The van der Waals surface area contributed by atoms with E-state index in [1.54, 1.807) is 12.3 Å². The first-order valence-corrected chi connectivity index (χ1v) is 17.3. The molecule has 2 bridgehead atoms. The van der Waals surface area contributed by atoms with Crippen LogP contribution in [0.1, 0.15) is 66.1 Å².